The highest BCUT2D eigenvalue weighted by molar-refractivity contribution is 7.98. The SMILES string of the molecule is CC(C)(C)OC(=O)N1CC[C@@H](CSCc2ccc(Cl)nc2)C1. The predicted octanol–water partition coefficient (Wildman–Crippen LogP) is 4.23. The summed E-state index contributed by atoms with van der Waals surface area (Å²) in [5.41, 5.74) is 0.752. The predicted molar refractivity (Wildman–Crippen MR) is 91.3 cm³/mol. The molecule has 22 heavy (non-hydrogen) atoms. The fourth-order valence-electron chi connectivity index (χ4n) is 2.30. The first-order valence-electron chi connectivity index (χ1n) is 7.49. The highest BCUT2D eigenvalue weighted by Gasteiger charge is 2.29. The van der Waals surface area contributed by atoms with E-state index in [1.807, 2.05) is 55.8 Å². The van der Waals surface area contributed by atoms with Crippen molar-refractivity contribution in [1.29, 1.82) is 0 Å². The van der Waals surface area contributed by atoms with Gasteiger partial charge in [-0.25, -0.2) is 9.78 Å². The third-order valence-electron chi connectivity index (χ3n) is 3.35. The molecule has 0 aliphatic carbocycles. The summed E-state index contributed by atoms with van der Waals surface area (Å²) >= 11 is 7.65. The molecule has 1 aliphatic rings. The number of hydrogen-bond donors (Lipinski definition) is 0. The van der Waals surface area contributed by atoms with Crippen LogP contribution in [0.3, 0.4) is 0 Å². The number of halogens is 1. The van der Waals surface area contributed by atoms with E-state index in [0.717, 1.165) is 31.0 Å². The van der Waals surface area contributed by atoms with Crippen molar-refractivity contribution >= 4 is 29.5 Å². The minimum atomic E-state index is -0.425. The Hall–Kier alpha value is -0.940. The van der Waals surface area contributed by atoms with Crippen molar-refractivity contribution in [2.24, 2.45) is 5.92 Å². The van der Waals surface area contributed by atoms with Crippen molar-refractivity contribution in [2.45, 2.75) is 38.5 Å². The highest BCUT2D eigenvalue weighted by atomic mass is 35.5. The van der Waals surface area contributed by atoms with Gasteiger partial charge in [0.1, 0.15) is 10.8 Å². The Morgan fingerprint density at radius 3 is 2.91 bits per heavy atom. The van der Waals surface area contributed by atoms with Gasteiger partial charge in [0.15, 0.2) is 0 Å². The molecular weight excluding hydrogens is 320 g/mol. The summed E-state index contributed by atoms with van der Waals surface area (Å²) in [6, 6.07) is 3.82. The van der Waals surface area contributed by atoms with Gasteiger partial charge in [0.2, 0.25) is 0 Å². The number of ether oxygens (including phenoxy) is 1. The van der Waals surface area contributed by atoms with Crippen LogP contribution in [-0.2, 0) is 10.5 Å². The number of aromatic nitrogens is 1. The quantitative estimate of drug-likeness (QED) is 0.768. The molecule has 1 aromatic rings. The van der Waals surface area contributed by atoms with Crippen LogP contribution in [0.4, 0.5) is 4.79 Å². The van der Waals surface area contributed by atoms with E-state index in [-0.39, 0.29) is 6.09 Å². The lowest BCUT2D eigenvalue weighted by Gasteiger charge is -2.24. The van der Waals surface area contributed by atoms with Gasteiger partial charge < -0.3 is 9.64 Å². The smallest absolute Gasteiger partial charge is 0.410 e. The minimum absolute atomic E-state index is 0.193. The van der Waals surface area contributed by atoms with Gasteiger partial charge in [-0.05, 0) is 50.5 Å². The number of thioether (sulfide) groups is 1. The molecular formula is C16H23ClN2O2S. The van der Waals surface area contributed by atoms with Gasteiger partial charge in [0, 0.05) is 25.0 Å². The monoisotopic (exact) mass is 342 g/mol. The molecule has 1 saturated heterocycles. The molecule has 1 fully saturated rings. The number of likely N-dealkylation sites (tertiary alicyclic amines) is 1. The molecule has 1 aromatic heterocycles. The van der Waals surface area contributed by atoms with E-state index in [9.17, 15) is 4.79 Å². The maximum absolute atomic E-state index is 12.0. The fourth-order valence-corrected chi connectivity index (χ4v) is 3.54. The zero-order chi connectivity index (χ0) is 16.2. The first-order chi connectivity index (χ1) is 10.3. The van der Waals surface area contributed by atoms with E-state index >= 15 is 0 Å². The van der Waals surface area contributed by atoms with Crippen LogP contribution in [0, 0.1) is 5.92 Å². The van der Waals surface area contributed by atoms with E-state index in [1.165, 1.54) is 5.56 Å². The van der Waals surface area contributed by atoms with E-state index in [4.69, 9.17) is 16.3 Å². The van der Waals surface area contributed by atoms with Crippen molar-refractivity contribution in [3.05, 3.63) is 29.0 Å². The maximum atomic E-state index is 12.0. The number of rotatable bonds is 4. The lowest BCUT2D eigenvalue weighted by Crippen LogP contribution is -2.35. The van der Waals surface area contributed by atoms with E-state index in [0.29, 0.717) is 11.1 Å². The summed E-state index contributed by atoms with van der Waals surface area (Å²) in [7, 11) is 0. The third kappa shape index (κ3) is 5.69. The van der Waals surface area contributed by atoms with Gasteiger partial charge in [0.05, 0.1) is 0 Å². The van der Waals surface area contributed by atoms with Gasteiger partial charge in [-0.2, -0.15) is 11.8 Å². The number of nitrogens with zero attached hydrogens (tertiary/aromatic N) is 2. The largest absolute Gasteiger partial charge is 0.444 e. The standard InChI is InChI=1S/C16H23ClN2O2S/c1-16(2,3)21-15(20)19-7-6-13(9-19)11-22-10-12-4-5-14(17)18-8-12/h4-5,8,13H,6-7,9-11H2,1-3H3/t13-/m1/s1. The summed E-state index contributed by atoms with van der Waals surface area (Å²) in [6.07, 6.45) is 2.67. The van der Waals surface area contributed by atoms with Gasteiger partial charge in [0.25, 0.3) is 0 Å². The molecule has 0 radical (unpaired) electrons. The van der Waals surface area contributed by atoms with Crippen LogP contribution in [-0.4, -0.2) is 40.4 Å². The molecule has 0 bridgehead atoms. The number of amides is 1. The molecule has 1 aliphatic heterocycles. The van der Waals surface area contributed by atoms with Crippen LogP contribution in [0.1, 0.15) is 32.8 Å². The Morgan fingerprint density at radius 1 is 1.50 bits per heavy atom. The lowest BCUT2D eigenvalue weighted by molar-refractivity contribution is 0.0289. The molecule has 0 N–H and O–H groups in total. The Bertz CT molecular complexity index is 502. The summed E-state index contributed by atoms with van der Waals surface area (Å²) in [4.78, 5) is 17.9. The Labute approximate surface area is 141 Å². The second kappa shape index (κ2) is 7.55. The lowest BCUT2D eigenvalue weighted by atomic mass is 10.2. The van der Waals surface area contributed by atoms with Gasteiger partial charge >= 0.3 is 6.09 Å². The second-order valence-corrected chi connectivity index (χ2v) is 8.00. The zero-order valence-electron chi connectivity index (χ0n) is 13.3. The van der Waals surface area contributed by atoms with Gasteiger partial charge in [-0.1, -0.05) is 17.7 Å². The Balaban J connectivity index is 1.70. The van der Waals surface area contributed by atoms with Crippen LogP contribution in [0.5, 0.6) is 0 Å². The molecule has 0 spiro atoms. The normalized spacial score (nSPS) is 18.5. The molecule has 0 saturated carbocycles. The van der Waals surface area contributed by atoms with Crippen LogP contribution < -0.4 is 0 Å². The first-order valence-corrected chi connectivity index (χ1v) is 9.03. The van der Waals surface area contributed by atoms with E-state index in [1.54, 1.807) is 0 Å². The van der Waals surface area contributed by atoms with Gasteiger partial charge in [-0.15, -0.1) is 0 Å². The molecule has 4 nitrogen and oxygen atoms in total. The van der Waals surface area contributed by atoms with Crippen molar-refractivity contribution in [2.75, 3.05) is 18.8 Å². The number of carbonyl (C=O) groups excluding carboxylic acids is 1. The molecule has 0 aromatic carbocycles. The average Bonchev–Trinajstić information content (AvgIpc) is 2.88. The third-order valence-corrected chi connectivity index (χ3v) is 4.82. The number of carbonyl (C=O) groups is 1. The molecule has 6 heteroatoms. The highest BCUT2D eigenvalue weighted by Crippen LogP contribution is 2.24. The molecule has 1 amide bonds. The van der Waals surface area contributed by atoms with E-state index < -0.39 is 5.60 Å². The maximum Gasteiger partial charge on any atom is 0.410 e. The average molecular weight is 343 g/mol. The number of hydrogen-bond acceptors (Lipinski definition) is 4. The summed E-state index contributed by atoms with van der Waals surface area (Å²) < 4.78 is 5.41. The minimum Gasteiger partial charge on any atom is -0.444 e. The molecule has 0 unspecified atom stereocenters. The van der Waals surface area contributed by atoms with Crippen LogP contribution in [0.15, 0.2) is 18.3 Å². The van der Waals surface area contributed by atoms with Crippen molar-refractivity contribution in [3.63, 3.8) is 0 Å². The molecule has 1 atom stereocenters. The van der Waals surface area contributed by atoms with Crippen molar-refractivity contribution < 1.29 is 9.53 Å². The molecule has 2 rings (SSSR count). The van der Waals surface area contributed by atoms with Crippen molar-refractivity contribution in [3.8, 4) is 0 Å². The second-order valence-electron chi connectivity index (χ2n) is 6.59. The van der Waals surface area contributed by atoms with Crippen LogP contribution in [0.25, 0.3) is 0 Å². The Morgan fingerprint density at radius 2 is 2.27 bits per heavy atom. The van der Waals surface area contributed by atoms with Crippen molar-refractivity contribution in [1.82, 2.24) is 9.88 Å². The number of pyridine rings is 1. The zero-order valence-corrected chi connectivity index (χ0v) is 14.9. The van der Waals surface area contributed by atoms with Crippen LogP contribution in [0.2, 0.25) is 5.15 Å². The first kappa shape index (κ1) is 17.4. The molecule has 2 heterocycles. The topological polar surface area (TPSA) is 42.4 Å². The van der Waals surface area contributed by atoms with E-state index in [2.05, 4.69) is 4.98 Å². The summed E-state index contributed by atoms with van der Waals surface area (Å²) in [5.74, 6) is 2.51. The summed E-state index contributed by atoms with van der Waals surface area (Å²) in [5, 5.41) is 0.526. The fraction of sp³-hybridized carbons (Fsp3) is 0.625. The van der Waals surface area contributed by atoms with Crippen LogP contribution >= 0.6 is 23.4 Å². The summed E-state index contributed by atoms with van der Waals surface area (Å²) in [6.45, 7) is 7.28. The van der Waals surface area contributed by atoms with Gasteiger partial charge in [-0.3, -0.25) is 0 Å². The Kier molecular flexibility index (Phi) is 5.98. The molecule has 122 valence electrons.